The van der Waals surface area contributed by atoms with Crippen LogP contribution in [0.2, 0.25) is 0 Å². The molecule has 0 amide bonds. The van der Waals surface area contributed by atoms with Gasteiger partial charge in [-0.2, -0.15) is 22.7 Å². The first-order valence-corrected chi connectivity index (χ1v) is 10.1. The van der Waals surface area contributed by atoms with Gasteiger partial charge < -0.3 is 14.8 Å². The zero-order chi connectivity index (χ0) is 22.5. The number of rotatable bonds is 3. The van der Waals surface area contributed by atoms with Gasteiger partial charge in [0.2, 0.25) is 0 Å². The molecule has 32 heavy (non-hydrogen) atoms. The molecule has 0 bridgehead atoms. The standard InChI is InChI=1S/C20H20F4N6O2/c1-11-9-29(6-7-31-11)14-10-32-15-8-12(21)2-3-13(15)17(14)26-16-4-5-25-19-27-18(20(22,23)24)28-30(16)19/h2-5,8,11,14,17,26H,6-7,9-10H2,1H3/t11-,14+,17+/m1/s1. The number of alkyl halides is 3. The molecule has 1 fully saturated rings. The summed E-state index contributed by atoms with van der Waals surface area (Å²) >= 11 is 0. The molecule has 1 aromatic carbocycles. The summed E-state index contributed by atoms with van der Waals surface area (Å²) in [5.41, 5.74) is 0.697. The fourth-order valence-corrected chi connectivity index (χ4v) is 4.19. The number of nitrogens with one attached hydrogen (secondary N) is 1. The molecule has 0 radical (unpaired) electrons. The zero-order valence-corrected chi connectivity index (χ0v) is 17.0. The van der Waals surface area contributed by atoms with Crippen molar-refractivity contribution in [2.24, 2.45) is 0 Å². The summed E-state index contributed by atoms with van der Waals surface area (Å²) in [6, 6.07) is 5.21. The van der Waals surface area contributed by atoms with Crippen LogP contribution in [0.15, 0.2) is 30.5 Å². The maximum absolute atomic E-state index is 13.8. The summed E-state index contributed by atoms with van der Waals surface area (Å²) in [6.07, 6.45) is -3.31. The van der Waals surface area contributed by atoms with Gasteiger partial charge in [0.25, 0.3) is 11.6 Å². The highest BCUT2D eigenvalue weighted by Gasteiger charge is 2.39. The van der Waals surface area contributed by atoms with Gasteiger partial charge in [0.05, 0.1) is 24.8 Å². The summed E-state index contributed by atoms with van der Waals surface area (Å²) in [5, 5.41) is 6.89. The van der Waals surface area contributed by atoms with E-state index >= 15 is 0 Å². The predicted molar refractivity (Wildman–Crippen MR) is 105 cm³/mol. The summed E-state index contributed by atoms with van der Waals surface area (Å²) in [4.78, 5) is 9.59. The Morgan fingerprint density at radius 1 is 1.22 bits per heavy atom. The van der Waals surface area contributed by atoms with Crippen molar-refractivity contribution in [1.82, 2.24) is 24.5 Å². The minimum atomic E-state index is -4.69. The van der Waals surface area contributed by atoms with Crippen LogP contribution in [-0.4, -0.2) is 62.9 Å². The molecule has 5 rings (SSSR count). The molecule has 170 valence electrons. The first-order chi connectivity index (χ1) is 15.3. The van der Waals surface area contributed by atoms with E-state index in [1.165, 1.54) is 24.4 Å². The van der Waals surface area contributed by atoms with Gasteiger partial charge in [-0.15, -0.1) is 5.10 Å². The van der Waals surface area contributed by atoms with Gasteiger partial charge in [0.15, 0.2) is 0 Å². The Morgan fingerprint density at radius 2 is 2.06 bits per heavy atom. The van der Waals surface area contributed by atoms with Crippen LogP contribution in [0.5, 0.6) is 5.75 Å². The van der Waals surface area contributed by atoms with Crippen molar-refractivity contribution >= 4 is 11.6 Å². The van der Waals surface area contributed by atoms with Gasteiger partial charge in [-0.3, -0.25) is 4.90 Å². The van der Waals surface area contributed by atoms with Crippen molar-refractivity contribution in [3.63, 3.8) is 0 Å². The molecule has 3 atom stereocenters. The Hall–Kier alpha value is -2.99. The van der Waals surface area contributed by atoms with Crippen LogP contribution >= 0.6 is 0 Å². The second-order valence-electron chi connectivity index (χ2n) is 7.83. The molecule has 0 spiro atoms. The normalized spacial score (nSPS) is 24.2. The van der Waals surface area contributed by atoms with Crippen LogP contribution < -0.4 is 10.1 Å². The van der Waals surface area contributed by atoms with Gasteiger partial charge in [-0.25, -0.2) is 9.37 Å². The predicted octanol–water partition coefficient (Wildman–Crippen LogP) is 2.92. The molecule has 1 N–H and O–H groups in total. The van der Waals surface area contributed by atoms with E-state index in [4.69, 9.17) is 9.47 Å². The average Bonchev–Trinajstić information content (AvgIpc) is 3.20. The minimum absolute atomic E-state index is 0.0244. The Balaban J connectivity index is 1.55. The smallest absolute Gasteiger partial charge is 0.453 e. The number of nitrogens with zero attached hydrogens (tertiary/aromatic N) is 5. The van der Waals surface area contributed by atoms with Crippen molar-refractivity contribution in [1.29, 1.82) is 0 Å². The first kappa shape index (κ1) is 20.9. The Labute approximate surface area is 180 Å². The number of hydrogen-bond donors (Lipinski definition) is 1. The summed E-state index contributed by atoms with van der Waals surface area (Å²) in [6.45, 7) is 4.14. The van der Waals surface area contributed by atoms with Gasteiger partial charge in [-0.1, -0.05) is 6.07 Å². The fourth-order valence-electron chi connectivity index (χ4n) is 4.19. The van der Waals surface area contributed by atoms with Crippen LogP contribution in [0.4, 0.5) is 23.4 Å². The van der Waals surface area contributed by atoms with E-state index in [2.05, 4.69) is 25.3 Å². The molecule has 0 aliphatic carbocycles. The number of anilines is 1. The average molecular weight is 452 g/mol. The number of aromatic nitrogens is 4. The van der Waals surface area contributed by atoms with E-state index in [1.807, 2.05) is 6.92 Å². The van der Waals surface area contributed by atoms with Crippen LogP contribution in [0.1, 0.15) is 24.4 Å². The molecule has 2 aromatic heterocycles. The quantitative estimate of drug-likeness (QED) is 0.613. The molecule has 12 heteroatoms. The number of fused-ring (bicyclic) bond motifs is 2. The van der Waals surface area contributed by atoms with E-state index in [-0.39, 0.29) is 30.3 Å². The SMILES string of the molecule is C[C@@H]1CN([C@H]2COc3cc(F)ccc3[C@@H]2Nc2ccnc3nc(C(F)(F)F)nn23)CCO1. The van der Waals surface area contributed by atoms with Crippen molar-refractivity contribution in [3.8, 4) is 5.75 Å². The lowest BCUT2D eigenvalue weighted by atomic mass is 9.94. The maximum atomic E-state index is 13.8. The summed E-state index contributed by atoms with van der Waals surface area (Å²) in [5.74, 6) is -1.21. The zero-order valence-electron chi connectivity index (χ0n) is 17.0. The van der Waals surface area contributed by atoms with Crippen LogP contribution in [0, 0.1) is 5.82 Å². The summed E-state index contributed by atoms with van der Waals surface area (Å²) < 4.78 is 65.7. The molecular weight excluding hydrogens is 432 g/mol. The van der Waals surface area contributed by atoms with Gasteiger partial charge >= 0.3 is 6.18 Å². The Bertz CT molecular complexity index is 1140. The fraction of sp³-hybridized carbons (Fsp3) is 0.450. The van der Waals surface area contributed by atoms with E-state index in [9.17, 15) is 17.6 Å². The molecule has 3 aromatic rings. The monoisotopic (exact) mass is 452 g/mol. The molecule has 2 aliphatic heterocycles. The molecule has 8 nitrogen and oxygen atoms in total. The first-order valence-electron chi connectivity index (χ1n) is 10.1. The number of hydrogen-bond acceptors (Lipinski definition) is 7. The number of morpholine rings is 1. The van der Waals surface area contributed by atoms with Crippen molar-refractivity contribution < 1.29 is 27.0 Å². The lowest BCUT2D eigenvalue weighted by molar-refractivity contribution is -0.144. The molecule has 0 unspecified atom stereocenters. The second-order valence-corrected chi connectivity index (χ2v) is 7.83. The minimum Gasteiger partial charge on any atom is -0.491 e. The van der Waals surface area contributed by atoms with Gasteiger partial charge in [0.1, 0.15) is 24.0 Å². The maximum Gasteiger partial charge on any atom is 0.453 e. The second kappa shape index (κ2) is 7.85. The van der Waals surface area contributed by atoms with Crippen LogP contribution in [0.3, 0.4) is 0 Å². The van der Waals surface area contributed by atoms with Crippen molar-refractivity contribution in [2.75, 3.05) is 31.6 Å². The highest BCUT2D eigenvalue weighted by Crippen LogP contribution is 2.38. The summed E-state index contributed by atoms with van der Waals surface area (Å²) in [7, 11) is 0. The number of halogens is 4. The van der Waals surface area contributed by atoms with E-state index in [0.29, 0.717) is 31.0 Å². The van der Waals surface area contributed by atoms with Gasteiger partial charge in [0, 0.05) is 30.9 Å². The third kappa shape index (κ3) is 3.84. The lowest BCUT2D eigenvalue weighted by Crippen LogP contribution is -2.54. The molecule has 2 aliphatic rings. The van der Waals surface area contributed by atoms with E-state index in [1.54, 1.807) is 6.07 Å². The number of benzene rings is 1. The Kier molecular flexibility index (Phi) is 5.13. The van der Waals surface area contributed by atoms with E-state index < -0.39 is 23.9 Å². The highest BCUT2D eigenvalue weighted by molar-refractivity contribution is 5.49. The Morgan fingerprint density at radius 3 is 2.84 bits per heavy atom. The third-order valence-corrected chi connectivity index (χ3v) is 5.64. The van der Waals surface area contributed by atoms with E-state index in [0.717, 1.165) is 4.52 Å². The largest absolute Gasteiger partial charge is 0.491 e. The van der Waals surface area contributed by atoms with Crippen molar-refractivity contribution in [3.05, 3.63) is 47.7 Å². The molecule has 1 saturated heterocycles. The van der Waals surface area contributed by atoms with Crippen LogP contribution in [-0.2, 0) is 10.9 Å². The van der Waals surface area contributed by atoms with Crippen LogP contribution in [0.25, 0.3) is 5.78 Å². The topological polar surface area (TPSA) is 76.8 Å². The number of ether oxygens (including phenoxy) is 2. The third-order valence-electron chi connectivity index (χ3n) is 5.64. The lowest BCUT2D eigenvalue weighted by Gasteiger charge is -2.43. The molecule has 0 saturated carbocycles. The molecular formula is C20H20F4N6O2. The molecule has 4 heterocycles. The van der Waals surface area contributed by atoms with Crippen molar-refractivity contribution in [2.45, 2.75) is 31.3 Å². The van der Waals surface area contributed by atoms with Gasteiger partial charge in [-0.05, 0) is 19.1 Å². The highest BCUT2D eigenvalue weighted by atomic mass is 19.4.